The first-order valence-electron chi connectivity index (χ1n) is 8.27. The summed E-state index contributed by atoms with van der Waals surface area (Å²) in [6.45, 7) is 3.83. The number of amides is 1. The van der Waals surface area contributed by atoms with Gasteiger partial charge in [-0.2, -0.15) is 0 Å². The number of aliphatic carboxylic acids is 1. The number of allylic oxidation sites excluding steroid dienone is 1. The fraction of sp³-hybridized carbons (Fsp3) is 0.611. The van der Waals surface area contributed by atoms with E-state index in [1.807, 2.05) is 6.08 Å². The molecule has 0 unspecified atom stereocenters. The minimum absolute atomic E-state index is 0.165. The van der Waals surface area contributed by atoms with Crippen molar-refractivity contribution in [1.82, 2.24) is 4.90 Å². The number of fused-ring (bicyclic) bond motifs is 1. The number of likely N-dealkylation sites (tertiary alicyclic amines) is 1. The van der Waals surface area contributed by atoms with Gasteiger partial charge in [-0.15, -0.1) is 5.92 Å². The van der Waals surface area contributed by atoms with Crippen LogP contribution >= 0.6 is 0 Å². The number of rotatable bonds is 5. The summed E-state index contributed by atoms with van der Waals surface area (Å²) in [5.74, 6) is 3.19. The summed E-state index contributed by atoms with van der Waals surface area (Å²) in [4.78, 5) is 38.1. The van der Waals surface area contributed by atoms with Crippen LogP contribution in [0, 0.1) is 23.2 Å². The molecule has 0 aromatic rings. The molecule has 1 amide bonds. The molecule has 1 heterocycles. The molecular weight excluding hydrogens is 310 g/mol. The van der Waals surface area contributed by atoms with Crippen molar-refractivity contribution in [3.63, 3.8) is 0 Å². The number of piperidine rings is 1. The van der Waals surface area contributed by atoms with E-state index in [-0.39, 0.29) is 37.9 Å². The van der Waals surface area contributed by atoms with Crippen LogP contribution in [0.15, 0.2) is 11.8 Å². The minimum Gasteiger partial charge on any atom is -0.481 e. The van der Waals surface area contributed by atoms with Crippen LogP contribution in [0.3, 0.4) is 0 Å². The Morgan fingerprint density at radius 2 is 2.25 bits per heavy atom. The van der Waals surface area contributed by atoms with Crippen LogP contribution in [0.4, 0.5) is 0 Å². The van der Waals surface area contributed by atoms with Gasteiger partial charge in [0.2, 0.25) is 5.91 Å². The standard InChI is InChI=1S/C18H23NO5/c1-3-5-10-19-14-8-6-7-9-18(14,17(23)24-4-2)12-13(16(19)22)11-15(20)21/h8,13H,4,6-7,9-12H2,1-2H3,(H,20,21)/t13-,18-/m0/s1. The second kappa shape index (κ2) is 7.52. The van der Waals surface area contributed by atoms with Crippen LogP contribution in [-0.4, -0.2) is 41.0 Å². The van der Waals surface area contributed by atoms with Gasteiger partial charge in [-0.05, 0) is 39.5 Å². The van der Waals surface area contributed by atoms with Crippen molar-refractivity contribution in [2.24, 2.45) is 11.3 Å². The maximum Gasteiger partial charge on any atom is 0.318 e. The second-order valence-electron chi connectivity index (χ2n) is 6.13. The average Bonchev–Trinajstić information content (AvgIpc) is 2.54. The third-order valence-corrected chi connectivity index (χ3v) is 4.64. The molecule has 0 bridgehead atoms. The molecule has 2 aliphatic rings. The molecule has 0 aromatic heterocycles. The summed E-state index contributed by atoms with van der Waals surface area (Å²) in [5.41, 5.74) is -0.292. The number of carbonyl (C=O) groups excluding carboxylic acids is 2. The van der Waals surface area contributed by atoms with Crippen molar-refractivity contribution in [3.05, 3.63) is 11.8 Å². The third-order valence-electron chi connectivity index (χ3n) is 4.64. The normalized spacial score (nSPS) is 25.9. The first-order chi connectivity index (χ1) is 11.5. The number of carbonyl (C=O) groups is 3. The molecule has 0 radical (unpaired) electrons. The van der Waals surface area contributed by atoms with Gasteiger partial charge in [0.05, 0.1) is 25.5 Å². The fourth-order valence-electron chi connectivity index (χ4n) is 3.64. The predicted octanol–water partition coefficient (Wildman–Crippen LogP) is 1.95. The van der Waals surface area contributed by atoms with Crippen LogP contribution < -0.4 is 0 Å². The quantitative estimate of drug-likeness (QED) is 0.614. The van der Waals surface area contributed by atoms with Gasteiger partial charge < -0.3 is 14.7 Å². The molecule has 1 aliphatic heterocycles. The molecule has 0 aromatic carbocycles. The van der Waals surface area contributed by atoms with Crippen LogP contribution in [0.2, 0.25) is 0 Å². The topological polar surface area (TPSA) is 83.9 Å². The molecule has 1 aliphatic carbocycles. The zero-order valence-corrected chi connectivity index (χ0v) is 14.1. The highest BCUT2D eigenvalue weighted by Crippen LogP contribution is 2.49. The number of esters is 1. The Kier molecular flexibility index (Phi) is 5.66. The number of hydrogen-bond acceptors (Lipinski definition) is 4. The summed E-state index contributed by atoms with van der Waals surface area (Å²) >= 11 is 0. The van der Waals surface area contributed by atoms with Crippen molar-refractivity contribution in [2.45, 2.75) is 46.0 Å². The number of carboxylic acid groups (broad SMARTS) is 1. The molecule has 6 heteroatoms. The van der Waals surface area contributed by atoms with E-state index in [0.717, 1.165) is 12.8 Å². The summed E-state index contributed by atoms with van der Waals surface area (Å²) in [7, 11) is 0. The Morgan fingerprint density at radius 3 is 2.88 bits per heavy atom. The smallest absolute Gasteiger partial charge is 0.318 e. The van der Waals surface area contributed by atoms with Gasteiger partial charge in [-0.3, -0.25) is 14.4 Å². The maximum atomic E-state index is 12.7. The molecule has 6 nitrogen and oxygen atoms in total. The lowest BCUT2D eigenvalue weighted by Gasteiger charge is -2.47. The lowest BCUT2D eigenvalue weighted by molar-refractivity contribution is -0.163. The Balaban J connectivity index is 2.47. The van der Waals surface area contributed by atoms with Gasteiger partial charge in [0.15, 0.2) is 0 Å². The predicted molar refractivity (Wildman–Crippen MR) is 86.5 cm³/mol. The van der Waals surface area contributed by atoms with Crippen molar-refractivity contribution < 1.29 is 24.2 Å². The third kappa shape index (κ3) is 3.30. The Morgan fingerprint density at radius 1 is 1.50 bits per heavy atom. The zero-order valence-electron chi connectivity index (χ0n) is 14.1. The van der Waals surface area contributed by atoms with Crippen LogP contribution in [0.25, 0.3) is 0 Å². The van der Waals surface area contributed by atoms with Crippen LogP contribution in [0.1, 0.15) is 46.0 Å². The van der Waals surface area contributed by atoms with Crippen molar-refractivity contribution in [2.75, 3.05) is 13.2 Å². The number of nitrogens with zero attached hydrogens (tertiary/aromatic N) is 1. The highest BCUT2D eigenvalue weighted by Gasteiger charge is 2.54. The SMILES string of the molecule is CC#CCN1C(=O)[C@@H](CC(=O)O)C[C@@]2(C(=O)OCC)CCCC=C12. The summed E-state index contributed by atoms with van der Waals surface area (Å²) in [6.07, 6.45) is 3.97. The van der Waals surface area contributed by atoms with Crippen molar-refractivity contribution in [3.8, 4) is 11.8 Å². The van der Waals surface area contributed by atoms with Gasteiger partial charge in [-0.25, -0.2) is 0 Å². The van der Waals surface area contributed by atoms with Crippen molar-refractivity contribution in [1.29, 1.82) is 0 Å². The lowest BCUT2D eigenvalue weighted by atomic mass is 9.66. The zero-order chi connectivity index (χ0) is 17.7. The summed E-state index contributed by atoms with van der Waals surface area (Å²) < 4.78 is 5.28. The van der Waals surface area contributed by atoms with E-state index < -0.39 is 17.3 Å². The number of carboxylic acids is 1. The van der Waals surface area contributed by atoms with Gasteiger partial charge in [-0.1, -0.05) is 12.0 Å². The van der Waals surface area contributed by atoms with Gasteiger partial charge in [0.1, 0.15) is 5.41 Å². The molecule has 1 N–H and O–H groups in total. The monoisotopic (exact) mass is 333 g/mol. The largest absolute Gasteiger partial charge is 0.481 e. The Hall–Kier alpha value is -2.29. The Bertz CT molecular complexity index is 627. The van der Waals surface area contributed by atoms with Crippen LogP contribution in [-0.2, 0) is 19.1 Å². The molecule has 1 fully saturated rings. The van der Waals surface area contributed by atoms with Crippen LogP contribution in [0.5, 0.6) is 0 Å². The summed E-state index contributed by atoms with van der Waals surface area (Å²) in [6, 6.07) is 0. The van der Waals surface area contributed by atoms with Gasteiger partial charge in [0.25, 0.3) is 0 Å². The van der Waals surface area contributed by atoms with E-state index in [2.05, 4.69) is 11.8 Å². The molecule has 130 valence electrons. The van der Waals surface area contributed by atoms with E-state index >= 15 is 0 Å². The average molecular weight is 333 g/mol. The van der Waals surface area contributed by atoms with Crippen molar-refractivity contribution >= 4 is 17.8 Å². The maximum absolute atomic E-state index is 12.7. The van der Waals surface area contributed by atoms with E-state index in [1.54, 1.807) is 13.8 Å². The van der Waals surface area contributed by atoms with E-state index in [0.29, 0.717) is 12.1 Å². The molecule has 2 atom stereocenters. The highest BCUT2D eigenvalue weighted by molar-refractivity contribution is 5.91. The first-order valence-corrected chi connectivity index (χ1v) is 8.27. The van der Waals surface area contributed by atoms with E-state index in [4.69, 9.17) is 9.84 Å². The van der Waals surface area contributed by atoms with E-state index in [9.17, 15) is 14.4 Å². The second-order valence-corrected chi connectivity index (χ2v) is 6.13. The number of ether oxygens (including phenoxy) is 1. The molecular formula is C18H23NO5. The highest BCUT2D eigenvalue weighted by atomic mass is 16.5. The Labute approximate surface area is 141 Å². The number of hydrogen-bond donors (Lipinski definition) is 1. The lowest BCUT2D eigenvalue weighted by Crippen LogP contribution is -2.54. The molecule has 24 heavy (non-hydrogen) atoms. The summed E-state index contributed by atoms with van der Waals surface area (Å²) in [5, 5.41) is 9.14. The first kappa shape index (κ1) is 18.1. The minimum atomic E-state index is -1.04. The van der Waals surface area contributed by atoms with Gasteiger partial charge >= 0.3 is 11.9 Å². The molecule has 0 saturated carbocycles. The van der Waals surface area contributed by atoms with E-state index in [1.165, 1.54) is 4.90 Å². The molecule has 2 rings (SSSR count). The van der Waals surface area contributed by atoms with Gasteiger partial charge in [0, 0.05) is 5.70 Å². The molecule has 0 spiro atoms. The fourth-order valence-corrected chi connectivity index (χ4v) is 3.64. The molecule has 1 saturated heterocycles.